The standard InChI is InChI=1S/C18H28N4O2/c1-14(23)22-11-5-7-16(22)15-6-4-10-21(15)12-17(24)20-18(13-19)8-2-3-9-18/h15-16H,2-12H2,1H3,(H,20,24)/t15-,16-/m0/s1. The molecule has 3 rings (SSSR count). The number of nitriles is 1. The lowest BCUT2D eigenvalue weighted by Gasteiger charge is -2.34. The van der Waals surface area contributed by atoms with Gasteiger partial charge in [0, 0.05) is 25.6 Å². The van der Waals surface area contributed by atoms with Crippen LogP contribution in [0.4, 0.5) is 0 Å². The molecular weight excluding hydrogens is 304 g/mol. The van der Waals surface area contributed by atoms with Gasteiger partial charge in [-0.2, -0.15) is 5.26 Å². The van der Waals surface area contributed by atoms with Crippen molar-refractivity contribution < 1.29 is 9.59 Å². The first-order chi connectivity index (χ1) is 11.5. The third-order valence-corrected chi connectivity index (χ3v) is 5.96. The van der Waals surface area contributed by atoms with Crippen molar-refractivity contribution in [1.29, 1.82) is 5.26 Å². The summed E-state index contributed by atoms with van der Waals surface area (Å²) in [6.45, 7) is 3.73. The van der Waals surface area contributed by atoms with E-state index >= 15 is 0 Å². The van der Waals surface area contributed by atoms with Crippen LogP contribution in [0.25, 0.3) is 0 Å². The number of nitrogens with zero attached hydrogens (tertiary/aromatic N) is 3. The van der Waals surface area contributed by atoms with Gasteiger partial charge >= 0.3 is 0 Å². The Morgan fingerprint density at radius 1 is 1.12 bits per heavy atom. The summed E-state index contributed by atoms with van der Waals surface area (Å²) in [7, 11) is 0. The maximum absolute atomic E-state index is 12.5. The van der Waals surface area contributed by atoms with Gasteiger partial charge in [0.25, 0.3) is 0 Å². The quantitative estimate of drug-likeness (QED) is 0.844. The molecule has 0 radical (unpaired) electrons. The molecule has 2 heterocycles. The molecule has 0 spiro atoms. The number of amides is 2. The summed E-state index contributed by atoms with van der Waals surface area (Å²) in [5, 5.41) is 12.4. The van der Waals surface area contributed by atoms with Crippen LogP contribution >= 0.6 is 0 Å². The predicted molar refractivity (Wildman–Crippen MR) is 90.0 cm³/mol. The molecule has 3 aliphatic rings. The second-order valence-electron chi connectivity index (χ2n) is 7.55. The van der Waals surface area contributed by atoms with Crippen molar-refractivity contribution in [2.24, 2.45) is 0 Å². The fourth-order valence-corrected chi connectivity index (χ4v) is 4.80. The second kappa shape index (κ2) is 7.10. The minimum absolute atomic E-state index is 0.0438. The van der Waals surface area contributed by atoms with E-state index in [-0.39, 0.29) is 23.9 Å². The van der Waals surface area contributed by atoms with Gasteiger partial charge in [-0.3, -0.25) is 14.5 Å². The highest BCUT2D eigenvalue weighted by molar-refractivity contribution is 5.79. The third kappa shape index (κ3) is 3.41. The van der Waals surface area contributed by atoms with E-state index in [0.717, 1.165) is 64.5 Å². The summed E-state index contributed by atoms with van der Waals surface area (Å²) in [5.41, 5.74) is -0.648. The van der Waals surface area contributed by atoms with Gasteiger partial charge in [-0.05, 0) is 57.9 Å². The number of nitrogens with one attached hydrogen (secondary N) is 1. The first-order valence-electron chi connectivity index (χ1n) is 9.28. The van der Waals surface area contributed by atoms with Crippen molar-refractivity contribution in [2.75, 3.05) is 19.6 Å². The molecule has 2 saturated heterocycles. The largest absolute Gasteiger partial charge is 0.338 e. The van der Waals surface area contributed by atoms with E-state index in [1.807, 2.05) is 4.90 Å². The number of carbonyl (C=O) groups is 2. The lowest BCUT2D eigenvalue weighted by atomic mass is 9.99. The molecule has 24 heavy (non-hydrogen) atoms. The maximum atomic E-state index is 12.5. The fraction of sp³-hybridized carbons (Fsp3) is 0.833. The maximum Gasteiger partial charge on any atom is 0.235 e. The molecule has 2 atom stereocenters. The van der Waals surface area contributed by atoms with Gasteiger partial charge in [0.15, 0.2) is 0 Å². The van der Waals surface area contributed by atoms with Gasteiger partial charge in [0.05, 0.1) is 12.6 Å². The predicted octanol–water partition coefficient (Wildman–Crippen LogP) is 1.41. The van der Waals surface area contributed by atoms with E-state index < -0.39 is 5.54 Å². The van der Waals surface area contributed by atoms with Crippen molar-refractivity contribution in [3.8, 4) is 6.07 Å². The minimum Gasteiger partial charge on any atom is -0.338 e. The smallest absolute Gasteiger partial charge is 0.235 e. The topological polar surface area (TPSA) is 76.4 Å². The molecule has 2 aliphatic heterocycles. The zero-order chi connectivity index (χ0) is 17.2. The average molecular weight is 332 g/mol. The van der Waals surface area contributed by atoms with E-state index in [1.165, 1.54) is 0 Å². The van der Waals surface area contributed by atoms with Gasteiger partial charge in [0.2, 0.25) is 11.8 Å². The van der Waals surface area contributed by atoms with Crippen molar-refractivity contribution in [3.63, 3.8) is 0 Å². The molecule has 0 unspecified atom stereocenters. The molecule has 0 aromatic carbocycles. The zero-order valence-electron chi connectivity index (χ0n) is 14.6. The highest BCUT2D eigenvalue weighted by atomic mass is 16.2. The highest BCUT2D eigenvalue weighted by Crippen LogP contribution is 2.31. The van der Waals surface area contributed by atoms with Crippen LogP contribution in [0.1, 0.15) is 58.3 Å². The molecule has 0 aromatic rings. The minimum atomic E-state index is -0.648. The van der Waals surface area contributed by atoms with Gasteiger partial charge in [-0.25, -0.2) is 0 Å². The van der Waals surface area contributed by atoms with Crippen LogP contribution in [-0.4, -0.2) is 58.9 Å². The summed E-state index contributed by atoms with van der Waals surface area (Å²) >= 11 is 0. The summed E-state index contributed by atoms with van der Waals surface area (Å²) < 4.78 is 0. The Morgan fingerprint density at radius 3 is 2.46 bits per heavy atom. The van der Waals surface area contributed by atoms with Crippen LogP contribution in [0.15, 0.2) is 0 Å². The van der Waals surface area contributed by atoms with Gasteiger partial charge in [-0.15, -0.1) is 0 Å². The van der Waals surface area contributed by atoms with Crippen molar-refractivity contribution >= 4 is 11.8 Å². The SMILES string of the molecule is CC(=O)N1CCC[C@H]1[C@@H]1CCCN1CC(=O)NC1(C#N)CCCC1. The van der Waals surface area contributed by atoms with Crippen molar-refractivity contribution in [2.45, 2.75) is 75.9 Å². The van der Waals surface area contributed by atoms with Crippen LogP contribution in [0, 0.1) is 11.3 Å². The zero-order valence-corrected chi connectivity index (χ0v) is 14.6. The second-order valence-corrected chi connectivity index (χ2v) is 7.55. The van der Waals surface area contributed by atoms with E-state index in [9.17, 15) is 14.9 Å². The van der Waals surface area contributed by atoms with Crippen LogP contribution in [0.3, 0.4) is 0 Å². The van der Waals surface area contributed by atoms with Gasteiger partial charge in [-0.1, -0.05) is 0 Å². The lowest BCUT2D eigenvalue weighted by molar-refractivity contribution is -0.130. The Bertz CT molecular complexity index is 536. The number of rotatable bonds is 4. The van der Waals surface area contributed by atoms with Crippen LogP contribution in [0.5, 0.6) is 0 Å². The molecule has 1 saturated carbocycles. The number of carbonyl (C=O) groups excluding carboxylic acids is 2. The monoisotopic (exact) mass is 332 g/mol. The van der Waals surface area contributed by atoms with Gasteiger partial charge in [0.1, 0.15) is 5.54 Å². The van der Waals surface area contributed by atoms with Crippen LogP contribution < -0.4 is 5.32 Å². The summed E-state index contributed by atoms with van der Waals surface area (Å²) in [4.78, 5) is 28.6. The summed E-state index contributed by atoms with van der Waals surface area (Å²) in [6, 6.07) is 2.84. The number of hydrogen-bond acceptors (Lipinski definition) is 4. The molecule has 132 valence electrons. The molecule has 1 aliphatic carbocycles. The highest BCUT2D eigenvalue weighted by Gasteiger charge is 2.40. The number of hydrogen-bond donors (Lipinski definition) is 1. The Hall–Kier alpha value is -1.61. The lowest BCUT2D eigenvalue weighted by Crippen LogP contribution is -2.53. The molecule has 1 N–H and O–H groups in total. The van der Waals surface area contributed by atoms with Crippen molar-refractivity contribution in [1.82, 2.24) is 15.1 Å². The average Bonchev–Trinajstić information content (AvgIpc) is 3.26. The first-order valence-corrected chi connectivity index (χ1v) is 9.28. The Balaban J connectivity index is 1.61. The molecular formula is C18H28N4O2. The van der Waals surface area contributed by atoms with Crippen LogP contribution in [-0.2, 0) is 9.59 Å². The van der Waals surface area contributed by atoms with E-state index in [4.69, 9.17) is 0 Å². The summed E-state index contributed by atoms with van der Waals surface area (Å²) in [5.74, 6) is 0.0981. The third-order valence-electron chi connectivity index (χ3n) is 5.96. The fourth-order valence-electron chi connectivity index (χ4n) is 4.80. The Morgan fingerprint density at radius 2 is 1.79 bits per heavy atom. The molecule has 0 bridgehead atoms. The molecule has 6 nitrogen and oxygen atoms in total. The molecule has 0 aromatic heterocycles. The normalized spacial score (nSPS) is 29.6. The molecule has 3 fully saturated rings. The Kier molecular flexibility index (Phi) is 5.09. The van der Waals surface area contributed by atoms with E-state index in [0.29, 0.717) is 6.54 Å². The summed E-state index contributed by atoms with van der Waals surface area (Å²) in [6.07, 6.45) is 7.75. The molecule has 6 heteroatoms. The van der Waals surface area contributed by atoms with Gasteiger partial charge < -0.3 is 10.2 Å². The van der Waals surface area contributed by atoms with E-state index in [2.05, 4.69) is 16.3 Å². The van der Waals surface area contributed by atoms with E-state index in [1.54, 1.807) is 6.92 Å². The van der Waals surface area contributed by atoms with Crippen LogP contribution in [0.2, 0.25) is 0 Å². The van der Waals surface area contributed by atoms with Crippen molar-refractivity contribution in [3.05, 3.63) is 0 Å². The Labute approximate surface area is 144 Å². The first kappa shape index (κ1) is 17.2. The number of likely N-dealkylation sites (tertiary alicyclic amines) is 2. The molecule has 2 amide bonds.